The number of aromatic nitrogens is 1. The standard InChI is InChI=1S/C20H25ClN2O4/c1-3-17-18(14(2)27-22-17)19(24)23-10-5-8-20(25,9-11-23)13-26-16-7-4-6-15(21)12-16/h4,6-7,12,25H,3,5,8-11,13H2,1-2H3. The van der Waals surface area contributed by atoms with Gasteiger partial charge in [0.05, 0.1) is 5.69 Å². The number of hydrogen-bond donors (Lipinski definition) is 1. The molecule has 0 saturated carbocycles. The number of nitrogens with zero attached hydrogens (tertiary/aromatic N) is 2. The lowest BCUT2D eigenvalue weighted by atomic mass is 9.96. The molecule has 27 heavy (non-hydrogen) atoms. The third kappa shape index (κ3) is 4.62. The monoisotopic (exact) mass is 392 g/mol. The molecule has 6 nitrogen and oxygen atoms in total. The van der Waals surface area contributed by atoms with Gasteiger partial charge in [0.25, 0.3) is 5.91 Å². The van der Waals surface area contributed by atoms with E-state index in [0.717, 1.165) is 0 Å². The molecular formula is C20H25ClN2O4. The van der Waals surface area contributed by atoms with Crippen LogP contribution in [0.25, 0.3) is 0 Å². The van der Waals surface area contributed by atoms with E-state index in [-0.39, 0.29) is 12.5 Å². The molecule has 1 unspecified atom stereocenters. The Kier molecular flexibility index (Phi) is 6.07. The van der Waals surface area contributed by atoms with Crippen molar-refractivity contribution in [3.8, 4) is 5.75 Å². The van der Waals surface area contributed by atoms with Crippen LogP contribution in [0.15, 0.2) is 28.8 Å². The first-order chi connectivity index (χ1) is 12.9. The van der Waals surface area contributed by atoms with E-state index in [1.54, 1.807) is 24.0 Å². The normalized spacial score (nSPS) is 20.4. The van der Waals surface area contributed by atoms with Gasteiger partial charge >= 0.3 is 0 Å². The van der Waals surface area contributed by atoms with Gasteiger partial charge in [-0.3, -0.25) is 4.79 Å². The van der Waals surface area contributed by atoms with Gasteiger partial charge in [-0.1, -0.05) is 29.7 Å². The number of likely N-dealkylation sites (tertiary alicyclic amines) is 1. The van der Waals surface area contributed by atoms with Crippen LogP contribution in [0.1, 0.15) is 48.0 Å². The van der Waals surface area contributed by atoms with E-state index >= 15 is 0 Å². The molecule has 1 saturated heterocycles. The molecule has 0 aliphatic carbocycles. The van der Waals surface area contributed by atoms with Gasteiger partial charge in [-0.05, 0) is 50.8 Å². The van der Waals surface area contributed by atoms with Crippen molar-refractivity contribution in [1.29, 1.82) is 0 Å². The maximum absolute atomic E-state index is 12.9. The third-order valence-electron chi connectivity index (χ3n) is 4.99. The van der Waals surface area contributed by atoms with Gasteiger partial charge in [-0.2, -0.15) is 0 Å². The third-order valence-corrected chi connectivity index (χ3v) is 5.23. The van der Waals surface area contributed by atoms with Crippen molar-refractivity contribution in [2.75, 3.05) is 19.7 Å². The Bertz CT molecular complexity index is 807. The van der Waals surface area contributed by atoms with Crippen molar-refractivity contribution in [2.24, 2.45) is 0 Å². The smallest absolute Gasteiger partial charge is 0.259 e. The highest BCUT2D eigenvalue weighted by molar-refractivity contribution is 6.30. The summed E-state index contributed by atoms with van der Waals surface area (Å²) in [4.78, 5) is 14.7. The molecule has 1 fully saturated rings. The molecule has 0 bridgehead atoms. The summed E-state index contributed by atoms with van der Waals surface area (Å²) < 4.78 is 10.9. The number of carbonyl (C=O) groups is 1. The van der Waals surface area contributed by atoms with Crippen LogP contribution in [-0.2, 0) is 6.42 Å². The lowest BCUT2D eigenvalue weighted by Gasteiger charge is -2.27. The SMILES string of the molecule is CCc1noc(C)c1C(=O)N1CCCC(O)(COc2cccc(Cl)c2)CC1. The first kappa shape index (κ1) is 19.7. The molecule has 1 aromatic carbocycles. The molecule has 1 aliphatic rings. The Morgan fingerprint density at radius 2 is 2.22 bits per heavy atom. The second-order valence-corrected chi connectivity index (χ2v) is 7.47. The molecular weight excluding hydrogens is 368 g/mol. The zero-order valence-corrected chi connectivity index (χ0v) is 16.5. The number of aliphatic hydroxyl groups is 1. The molecule has 0 spiro atoms. The van der Waals surface area contributed by atoms with Gasteiger partial charge in [-0.25, -0.2) is 0 Å². The van der Waals surface area contributed by atoms with E-state index in [4.69, 9.17) is 20.9 Å². The zero-order chi connectivity index (χ0) is 19.4. The molecule has 0 radical (unpaired) electrons. The lowest BCUT2D eigenvalue weighted by Crippen LogP contribution is -2.38. The Morgan fingerprint density at radius 3 is 2.96 bits per heavy atom. The molecule has 1 aliphatic heterocycles. The van der Waals surface area contributed by atoms with E-state index in [1.165, 1.54) is 0 Å². The number of amides is 1. The maximum atomic E-state index is 12.9. The topological polar surface area (TPSA) is 75.8 Å². The van der Waals surface area contributed by atoms with Gasteiger partial charge in [0.15, 0.2) is 0 Å². The van der Waals surface area contributed by atoms with E-state index in [2.05, 4.69) is 5.16 Å². The minimum atomic E-state index is -0.978. The van der Waals surface area contributed by atoms with Crippen LogP contribution in [0.3, 0.4) is 0 Å². The molecule has 2 aromatic rings. The summed E-state index contributed by atoms with van der Waals surface area (Å²) in [6.45, 7) is 4.92. The van der Waals surface area contributed by atoms with Crippen molar-refractivity contribution in [3.63, 3.8) is 0 Å². The summed E-state index contributed by atoms with van der Waals surface area (Å²) in [5, 5.41) is 15.5. The molecule has 3 rings (SSSR count). The molecule has 1 aromatic heterocycles. The Morgan fingerprint density at radius 1 is 1.41 bits per heavy atom. The van der Waals surface area contributed by atoms with Gasteiger partial charge in [0.1, 0.15) is 29.3 Å². The van der Waals surface area contributed by atoms with Crippen molar-refractivity contribution >= 4 is 17.5 Å². The maximum Gasteiger partial charge on any atom is 0.259 e. The highest BCUT2D eigenvalue weighted by atomic mass is 35.5. The van der Waals surface area contributed by atoms with Crippen LogP contribution < -0.4 is 4.74 Å². The number of ether oxygens (including phenoxy) is 1. The summed E-state index contributed by atoms with van der Waals surface area (Å²) in [6.07, 6.45) is 2.36. The summed E-state index contributed by atoms with van der Waals surface area (Å²) >= 11 is 5.97. The number of carbonyl (C=O) groups excluding carboxylic acids is 1. The average molecular weight is 393 g/mol. The number of benzene rings is 1. The van der Waals surface area contributed by atoms with E-state index in [1.807, 2.05) is 19.1 Å². The van der Waals surface area contributed by atoms with Gasteiger partial charge in [-0.15, -0.1) is 0 Å². The predicted molar refractivity (Wildman–Crippen MR) is 102 cm³/mol. The quantitative estimate of drug-likeness (QED) is 0.840. The highest BCUT2D eigenvalue weighted by Gasteiger charge is 2.34. The van der Waals surface area contributed by atoms with Crippen LogP contribution in [-0.4, -0.2) is 46.4 Å². The molecule has 2 heterocycles. The minimum Gasteiger partial charge on any atom is -0.491 e. The summed E-state index contributed by atoms with van der Waals surface area (Å²) in [7, 11) is 0. The van der Waals surface area contributed by atoms with Crippen molar-refractivity contribution in [2.45, 2.75) is 45.1 Å². The number of aryl methyl sites for hydroxylation is 2. The Hall–Kier alpha value is -2.05. The lowest BCUT2D eigenvalue weighted by molar-refractivity contribution is -0.0163. The Labute approximate surface area is 164 Å². The first-order valence-electron chi connectivity index (χ1n) is 9.27. The largest absolute Gasteiger partial charge is 0.491 e. The van der Waals surface area contributed by atoms with Crippen LogP contribution in [0.2, 0.25) is 5.02 Å². The summed E-state index contributed by atoms with van der Waals surface area (Å²) in [6, 6.07) is 7.11. The zero-order valence-electron chi connectivity index (χ0n) is 15.7. The number of halogens is 1. The molecule has 1 atom stereocenters. The first-order valence-corrected chi connectivity index (χ1v) is 9.65. The van der Waals surface area contributed by atoms with Gasteiger partial charge in [0.2, 0.25) is 0 Å². The Balaban J connectivity index is 1.64. The van der Waals surface area contributed by atoms with Gasteiger partial charge in [0, 0.05) is 18.1 Å². The van der Waals surface area contributed by atoms with E-state index < -0.39 is 5.60 Å². The highest BCUT2D eigenvalue weighted by Crippen LogP contribution is 2.27. The van der Waals surface area contributed by atoms with Crippen LogP contribution in [0.4, 0.5) is 0 Å². The van der Waals surface area contributed by atoms with Crippen molar-refractivity contribution in [1.82, 2.24) is 10.1 Å². The second-order valence-electron chi connectivity index (χ2n) is 7.03. The van der Waals surface area contributed by atoms with Crippen molar-refractivity contribution in [3.05, 3.63) is 46.3 Å². The fraction of sp³-hybridized carbons (Fsp3) is 0.500. The summed E-state index contributed by atoms with van der Waals surface area (Å²) in [5.41, 5.74) is 0.258. The molecule has 146 valence electrons. The van der Waals surface area contributed by atoms with Crippen LogP contribution in [0.5, 0.6) is 5.75 Å². The van der Waals surface area contributed by atoms with Crippen LogP contribution >= 0.6 is 11.6 Å². The number of hydrogen-bond acceptors (Lipinski definition) is 5. The predicted octanol–water partition coefficient (Wildman–Crippen LogP) is 3.64. The van der Waals surface area contributed by atoms with E-state index in [9.17, 15) is 9.90 Å². The molecule has 1 N–H and O–H groups in total. The van der Waals surface area contributed by atoms with Crippen molar-refractivity contribution < 1.29 is 19.2 Å². The van der Waals surface area contributed by atoms with E-state index in [0.29, 0.717) is 66.6 Å². The fourth-order valence-electron chi connectivity index (χ4n) is 3.39. The minimum absolute atomic E-state index is 0.0781. The van der Waals surface area contributed by atoms with Crippen LogP contribution in [0, 0.1) is 6.92 Å². The number of rotatable bonds is 5. The van der Waals surface area contributed by atoms with Gasteiger partial charge < -0.3 is 19.3 Å². The fourth-order valence-corrected chi connectivity index (χ4v) is 3.57. The summed E-state index contributed by atoms with van der Waals surface area (Å²) in [5.74, 6) is 1.09. The molecule has 1 amide bonds. The molecule has 7 heteroatoms. The second kappa shape index (κ2) is 8.31. The average Bonchev–Trinajstić information content (AvgIpc) is 2.91.